The Bertz CT molecular complexity index is 4540. The van der Waals surface area contributed by atoms with Gasteiger partial charge in [-0.05, 0) is 99.1 Å². The highest BCUT2D eigenvalue weighted by molar-refractivity contribution is 6.38. The summed E-state index contributed by atoms with van der Waals surface area (Å²) < 4.78 is 11.3. The van der Waals surface area contributed by atoms with Crippen LogP contribution in [0.3, 0.4) is 0 Å². The van der Waals surface area contributed by atoms with E-state index in [1.54, 1.807) is 0 Å². The van der Waals surface area contributed by atoms with Gasteiger partial charge < -0.3 is 8.98 Å². The van der Waals surface area contributed by atoms with Crippen LogP contribution in [0.4, 0.5) is 0 Å². The molecule has 0 unspecified atom stereocenters. The van der Waals surface area contributed by atoms with E-state index >= 15 is 0 Å². The van der Waals surface area contributed by atoms with Gasteiger partial charge in [-0.2, -0.15) is 0 Å². The monoisotopic (exact) mass is 878 g/mol. The van der Waals surface area contributed by atoms with Crippen LogP contribution in [0, 0.1) is 0 Å². The van der Waals surface area contributed by atoms with Crippen LogP contribution in [0.15, 0.2) is 235 Å². The molecule has 0 aliphatic heterocycles. The highest BCUT2D eigenvalue weighted by atomic mass is 16.3. The molecule has 5 heteroatoms. The predicted molar refractivity (Wildman–Crippen MR) is 287 cm³/mol. The molecule has 0 fully saturated rings. The van der Waals surface area contributed by atoms with Crippen molar-refractivity contribution in [1.29, 1.82) is 0 Å². The maximum Gasteiger partial charge on any atom is 0.235 e. The molecule has 0 saturated heterocycles. The van der Waals surface area contributed by atoms with Crippen molar-refractivity contribution in [3.05, 3.63) is 231 Å². The fourth-order valence-corrected chi connectivity index (χ4v) is 11.3. The van der Waals surface area contributed by atoms with Crippen molar-refractivity contribution in [3.8, 4) is 45.1 Å². The molecule has 0 radical (unpaired) electrons. The summed E-state index contributed by atoms with van der Waals surface area (Å²) in [5.41, 5.74) is 14.6. The Morgan fingerprint density at radius 2 is 0.870 bits per heavy atom. The van der Waals surface area contributed by atoms with Gasteiger partial charge in [0.05, 0.1) is 33.3 Å². The summed E-state index contributed by atoms with van der Waals surface area (Å²) in [5.74, 6) is 0.611. The molecular weight excluding hydrogens is 841 g/mol. The van der Waals surface area contributed by atoms with Crippen LogP contribution in [-0.2, 0) is 0 Å². The highest BCUT2D eigenvalue weighted by Gasteiger charge is 2.26. The van der Waals surface area contributed by atoms with Gasteiger partial charge in [-0.15, -0.1) is 0 Å². The predicted octanol–water partition coefficient (Wildman–Crippen LogP) is 17.0. The van der Waals surface area contributed by atoms with Gasteiger partial charge in [-0.1, -0.05) is 170 Å². The third-order valence-corrected chi connectivity index (χ3v) is 14.3. The summed E-state index contributed by atoms with van der Waals surface area (Å²) in [7, 11) is 0. The van der Waals surface area contributed by atoms with E-state index in [4.69, 9.17) is 14.4 Å². The average molecular weight is 879 g/mol. The van der Waals surface area contributed by atoms with Crippen LogP contribution in [0.2, 0.25) is 0 Å². The zero-order valence-electron chi connectivity index (χ0n) is 37.1. The maximum absolute atomic E-state index is 6.45. The van der Waals surface area contributed by atoms with Crippen LogP contribution < -0.4 is 0 Å². The molecule has 69 heavy (non-hydrogen) atoms. The van der Waals surface area contributed by atoms with Crippen LogP contribution >= 0.6 is 0 Å². The maximum atomic E-state index is 6.45. The van der Waals surface area contributed by atoms with Crippen LogP contribution in [0.1, 0.15) is 0 Å². The molecule has 15 rings (SSSR count). The normalized spacial score (nSPS) is 12.1. The molecule has 5 nitrogen and oxygen atoms in total. The van der Waals surface area contributed by atoms with Crippen molar-refractivity contribution in [1.82, 2.24) is 19.1 Å². The lowest BCUT2D eigenvalue weighted by atomic mass is 9.95. The lowest BCUT2D eigenvalue weighted by molar-refractivity contribution is 0.669. The highest BCUT2D eigenvalue weighted by Crippen LogP contribution is 2.48. The molecule has 4 aromatic heterocycles. The smallest absolute Gasteiger partial charge is 0.235 e. The quantitative estimate of drug-likeness (QED) is 0.162. The first-order valence-electron chi connectivity index (χ1n) is 23.5. The SMILES string of the molecule is c1ccc(-c2cc(-c3ccccc3)cc(-n3c4ccccc4c4c5c6c7ccccc7c7ccccc7c6n(-c6nc(-c7ccc8c(c7)oc7ccccc78)c7ccccc7n6)c5ccc43)c2)cc1. The number of hydrogen-bond acceptors (Lipinski definition) is 3. The van der Waals surface area contributed by atoms with Crippen molar-refractivity contribution in [2.24, 2.45) is 0 Å². The standard InChI is InChI=1S/C64H38N4O/c1-3-17-39(18-4-1)42-35-43(40-19-5-2-6-20-40)37-44(36-42)67-54-29-15-12-27-52(54)59-55(67)33-34-56-61(59)60-49-24-9-7-21-45(49)46-22-8-10-25-50(46)63(60)68(56)64-65-53-28-14-11-26-51(53)62(66-64)41-31-32-48-47-23-13-16-30-57(47)69-58(48)38-41/h1-38H. The summed E-state index contributed by atoms with van der Waals surface area (Å²) in [5, 5.41) is 12.6. The third-order valence-electron chi connectivity index (χ3n) is 14.3. The van der Waals surface area contributed by atoms with Crippen molar-refractivity contribution in [3.63, 3.8) is 0 Å². The van der Waals surface area contributed by atoms with Gasteiger partial charge in [-0.3, -0.25) is 4.57 Å². The second-order valence-electron chi connectivity index (χ2n) is 18.1. The largest absolute Gasteiger partial charge is 0.456 e. The summed E-state index contributed by atoms with van der Waals surface area (Å²) in [4.78, 5) is 11.1. The van der Waals surface area contributed by atoms with Crippen molar-refractivity contribution >= 4 is 98.0 Å². The number of furan rings is 1. The topological polar surface area (TPSA) is 48.8 Å². The zero-order valence-corrected chi connectivity index (χ0v) is 37.1. The zero-order chi connectivity index (χ0) is 45.2. The molecule has 0 bridgehead atoms. The van der Waals surface area contributed by atoms with E-state index in [2.05, 4.69) is 228 Å². The van der Waals surface area contributed by atoms with Crippen LogP contribution in [-0.4, -0.2) is 19.1 Å². The second-order valence-corrected chi connectivity index (χ2v) is 18.1. The minimum atomic E-state index is 0.611. The molecule has 0 atom stereocenters. The molecular formula is C64H38N4O. The first-order chi connectivity index (χ1) is 34.2. The molecule has 11 aromatic carbocycles. The van der Waals surface area contributed by atoms with E-state index in [9.17, 15) is 0 Å². The number of aromatic nitrogens is 4. The van der Waals surface area contributed by atoms with Crippen molar-refractivity contribution in [2.75, 3.05) is 0 Å². The van der Waals surface area contributed by atoms with Crippen LogP contribution in [0.25, 0.3) is 143 Å². The van der Waals surface area contributed by atoms with Crippen molar-refractivity contribution in [2.45, 2.75) is 0 Å². The Balaban J connectivity index is 1.08. The first kappa shape index (κ1) is 37.9. The Kier molecular flexibility index (Phi) is 8.00. The number of nitrogens with zero attached hydrogens (tertiary/aromatic N) is 4. The lowest BCUT2D eigenvalue weighted by Crippen LogP contribution is -2.04. The van der Waals surface area contributed by atoms with Gasteiger partial charge in [-0.25, -0.2) is 9.97 Å². The average Bonchev–Trinajstić information content (AvgIpc) is 4.09. The molecule has 0 saturated carbocycles. The third kappa shape index (κ3) is 5.59. The van der Waals surface area contributed by atoms with Gasteiger partial charge in [0.1, 0.15) is 11.2 Å². The summed E-state index contributed by atoms with van der Waals surface area (Å²) >= 11 is 0. The van der Waals surface area contributed by atoms with Gasteiger partial charge in [0.25, 0.3) is 0 Å². The minimum Gasteiger partial charge on any atom is -0.456 e. The fourth-order valence-electron chi connectivity index (χ4n) is 11.3. The first-order valence-corrected chi connectivity index (χ1v) is 23.5. The summed E-state index contributed by atoms with van der Waals surface area (Å²) in [6.07, 6.45) is 0. The Hall–Kier alpha value is -9.32. The summed E-state index contributed by atoms with van der Waals surface area (Å²) in [6, 6.07) is 82.7. The molecule has 0 spiro atoms. The molecule has 320 valence electrons. The van der Waals surface area contributed by atoms with E-state index in [1.807, 2.05) is 12.1 Å². The van der Waals surface area contributed by atoms with Gasteiger partial charge in [0.2, 0.25) is 5.95 Å². The molecule has 0 amide bonds. The molecule has 0 aliphatic rings. The Morgan fingerprint density at radius 1 is 0.304 bits per heavy atom. The summed E-state index contributed by atoms with van der Waals surface area (Å²) in [6.45, 7) is 0. The number of rotatable bonds is 5. The lowest BCUT2D eigenvalue weighted by Gasteiger charge is -2.14. The van der Waals surface area contributed by atoms with Crippen LogP contribution in [0.5, 0.6) is 0 Å². The number of benzene rings is 11. The van der Waals surface area contributed by atoms with Gasteiger partial charge in [0, 0.05) is 54.3 Å². The van der Waals surface area contributed by atoms with Crippen molar-refractivity contribution < 1.29 is 4.42 Å². The van der Waals surface area contributed by atoms with Gasteiger partial charge >= 0.3 is 0 Å². The second kappa shape index (κ2) is 14.6. The Morgan fingerprint density at radius 3 is 1.61 bits per heavy atom. The Labute approximate surface area is 395 Å². The van der Waals surface area contributed by atoms with E-state index < -0.39 is 0 Å². The molecule has 0 aliphatic carbocycles. The number of para-hydroxylation sites is 3. The molecule has 0 N–H and O–H groups in total. The number of hydrogen-bond donors (Lipinski definition) is 0. The fraction of sp³-hybridized carbons (Fsp3) is 0. The molecule has 15 aromatic rings. The van der Waals surface area contributed by atoms with E-state index in [0.717, 1.165) is 88.4 Å². The van der Waals surface area contributed by atoms with E-state index in [1.165, 1.54) is 48.8 Å². The minimum absolute atomic E-state index is 0.611. The number of fused-ring (bicyclic) bond motifs is 16. The van der Waals surface area contributed by atoms with E-state index in [0.29, 0.717) is 5.95 Å². The van der Waals surface area contributed by atoms with E-state index in [-0.39, 0.29) is 0 Å². The molecule has 4 heterocycles. The van der Waals surface area contributed by atoms with Gasteiger partial charge in [0.15, 0.2) is 0 Å².